The topological polar surface area (TPSA) is 121 Å². The predicted molar refractivity (Wildman–Crippen MR) is 92.0 cm³/mol. The zero-order chi connectivity index (χ0) is 16.4. The first-order chi connectivity index (χ1) is 11.1. The summed E-state index contributed by atoms with van der Waals surface area (Å²) in [7, 11) is 0. The fourth-order valence-electron chi connectivity index (χ4n) is 2.47. The Bertz CT molecular complexity index is 838. The molecule has 118 valence electrons. The number of rotatable bonds is 4. The van der Waals surface area contributed by atoms with Gasteiger partial charge in [0.15, 0.2) is 5.82 Å². The molecular formula is C16H19N7. The molecule has 0 saturated carbocycles. The first-order valence-electron chi connectivity index (χ1n) is 7.19. The van der Waals surface area contributed by atoms with Crippen molar-refractivity contribution < 1.29 is 0 Å². The average Bonchev–Trinajstić information content (AvgIpc) is 2.99. The fourth-order valence-corrected chi connectivity index (χ4v) is 2.47. The summed E-state index contributed by atoms with van der Waals surface area (Å²) in [6.07, 6.45) is 4.38. The Kier molecular flexibility index (Phi) is 3.86. The summed E-state index contributed by atoms with van der Waals surface area (Å²) in [6, 6.07) is 9.90. The molecule has 0 aliphatic carbocycles. The number of pyridine rings is 1. The molecule has 0 amide bonds. The number of nitrogens with one attached hydrogen (secondary N) is 1. The molecule has 3 rings (SSSR count). The largest absolute Gasteiger partial charge is 0.395 e. The number of aromatic nitrogens is 3. The lowest BCUT2D eigenvalue weighted by Crippen LogP contribution is -2.13. The highest BCUT2D eigenvalue weighted by Crippen LogP contribution is 2.25. The molecule has 0 radical (unpaired) electrons. The first-order valence-corrected chi connectivity index (χ1v) is 7.19. The van der Waals surface area contributed by atoms with Gasteiger partial charge in [-0.3, -0.25) is 0 Å². The lowest BCUT2D eigenvalue weighted by molar-refractivity contribution is 0.878. The van der Waals surface area contributed by atoms with Gasteiger partial charge in [0.05, 0.1) is 17.6 Å². The van der Waals surface area contributed by atoms with E-state index in [4.69, 9.17) is 17.3 Å². The number of hydrogen-bond donors (Lipinski definition) is 4. The highest BCUT2D eigenvalue weighted by atomic mass is 15.3. The molecule has 0 atom stereocenters. The van der Waals surface area contributed by atoms with E-state index in [2.05, 4.69) is 34.6 Å². The summed E-state index contributed by atoms with van der Waals surface area (Å²) >= 11 is 0. The minimum Gasteiger partial charge on any atom is -0.395 e. The van der Waals surface area contributed by atoms with Crippen molar-refractivity contribution in [2.75, 3.05) is 16.9 Å². The minimum absolute atomic E-state index is 0.369. The van der Waals surface area contributed by atoms with Crippen LogP contribution in [-0.4, -0.2) is 14.8 Å². The van der Waals surface area contributed by atoms with Crippen LogP contribution in [0.4, 0.5) is 17.3 Å². The van der Waals surface area contributed by atoms with Crippen molar-refractivity contribution in [2.45, 2.75) is 13.3 Å². The maximum atomic E-state index is 6.06. The third kappa shape index (κ3) is 3.09. The summed E-state index contributed by atoms with van der Waals surface area (Å²) in [5.41, 5.74) is 18.9. The van der Waals surface area contributed by atoms with Crippen molar-refractivity contribution in [3.05, 3.63) is 59.4 Å². The summed E-state index contributed by atoms with van der Waals surface area (Å²) < 4.78 is 1.84. The van der Waals surface area contributed by atoms with E-state index < -0.39 is 0 Å². The molecular weight excluding hydrogens is 290 g/mol. The Morgan fingerprint density at radius 2 is 2.04 bits per heavy atom. The molecule has 7 N–H and O–H groups in total. The van der Waals surface area contributed by atoms with Crippen molar-refractivity contribution in [2.24, 2.45) is 5.84 Å². The van der Waals surface area contributed by atoms with E-state index in [-0.39, 0.29) is 0 Å². The first kappa shape index (κ1) is 14.9. The van der Waals surface area contributed by atoms with E-state index >= 15 is 0 Å². The maximum Gasteiger partial charge on any atom is 0.165 e. The van der Waals surface area contributed by atoms with E-state index in [1.165, 1.54) is 5.56 Å². The zero-order valence-corrected chi connectivity index (χ0v) is 12.8. The third-order valence-electron chi connectivity index (χ3n) is 3.60. The predicted octanol–water partition coefficient (Wildman–Crippen LogP) is 1.62. The quantitative estimate of drug-likeness (QED) is 0.429. The third-order valence-corrected chi connectivity index (χ3v) is 3.60. The molecule has 0 aliphatic heterocycles. The second kappa shape index (κ2) is 5.98. The van der Waals surface area contributed by atoms with Crippen molar-refractivity contribution in [3.8, 4) is 5.69 Å². The van der Waals surface area contributed by atoms with E-state index in [1.807, 2.05) is 29.2 Å². The van der Waals surface area contributed by atoms with Crippen LogP contribution in [0, 0.1) is 6.92 Å². The average molecular weight is 309 g/mol. The van der Waals surface area contributed by atoms with E-state index in [9.17, 15) is 0 Å². The molecule has 3 aromatic rings. The van der Waals surface area contributed by atoms with Crippen molar-refractivity contribution in [3.63, 3.8) is 0 Å². The smallest absolute Gasteiger partial charge is 0.165 e. The molecule has 0 saturated heterocycles. The summed E-state index contributed by atoms with van der Waals surface area (Å²) in [5, 5.41) is 4.41. The molecule has 2 aromatic heterocycles. The molecule has 23 heavy (non-hydrogen) atoms. The number of aryl methyl sites for hydroxylation is 1. The van der Waals surface area contributed by atoms with Crippen LogP contribution < -0.4 is 22.7 Å². The van der Waals surface area contributed by atoms with Gasteiger partial charge < -0.3 is 16.9 Å². The second-order valence-electron chi connectivity index (χ2n) is 5.42. The van der Waals surface area contributed by atoms with Gasteiger partial charge in [-0.1, -0.05) is 12.1 Å². The van der Waals surface area contributed by atoms with Crippen LogP contribution >= 0.6 is 0 Å². The Hall–Kier alpha value is -3.06. The van der Waals surface area contributed by atoms with Gasteiger partial charge >= 0.3 is 0 Å². The van der Waals surface area contributed by atoms with Gasteiger partial charge in [0.1, 0.15) is 5.82 Å². The molecule has 0 bridgehead atoms. The summed E-state index contributed by atoms with van der Waals surface area (Å²) in [4.78, 5) is 4.05. The minimum atomic E-state index is 0.369. The van der Waals surface area contributed by atoms with Gasteiger partial charge in [0.25, 0.3) is 0 Å². The Balaban J connectivity index is 1.89. The van der Waals surface area contributed by atoms with Crippen LogP contribution in [0.3, 0.4) is 0 Å². The molecule has 0 fully saturated rings. The van der Waals surface area contributed by atoms with Crippen LogP contribution in [-0.2, 0) is 6.42 Å². The van der Waals surface area contributed by atoms with Crippen LogP contribution in [0.2, 0.25) is 0 Å². The van der Waals surface area contributed by atoms with Gasteiger partial charge in [-0.2, -0.15) is 5.10 Å². The highest BCUT2D eigenvalue weighted by molar-refractivity contribution is 5.68. The molecule has 0 unspecified atom stereocenters. The van der Waals surface area contributed by atoms with Crippen LogP contribution in [0.25, 0.3) is 5.69 Å². The van der Waals surface area contributed by atoms with Crippen LogP contribution in [0.1, 0.15) is 16.7 Å². The van der Waals surface area contributed by atoms with Crippen molar-refractivity contribution in [1.29, 1.82) is 0 Å². The lowest BCUT2D eigenvalue weighted by atomic mass is 10.1. The number of benzene rings is 1. The lowest BCUT2D eigenvalue weighted by Gasteiger charge is -2.10. The van der Waals surface area contributed by atoms with E-state index in [0.29, 0.717) is 23.7 Å². The number of nitrogens with two attached hydrogens (primary N) is 3. The number of nitrogens with zero attached hydrogens (tertiary/aromatic N) is 3. The monoisotopic (exact) mass is 309 g/mol. The zero-order valence-electron chi connectivity index (χ0n) is 12.8. The van der Waals surface area contributed by atoms with Crippen molar-refractivity contribution >= 4 is 17.3 Å². The van der Waals surface area contributed by atoms with Gasteiger partial charge in [0.2, 0.25) is 0 Å². The standard InChI is InChI=1S/C16H19N7/c1-10-3-2-4-13(5-10)23-9-11(8-20-23)6-12-7-14(17)21-16(22-19)15(12)18/h2-5,7-9H,6,18-19H2,1H3,(H3,17,21,22). The van der Waals surface area contributed by atoms with E-state index in [1.54, 1.807) is 6.07 Å². The highest BCUT2D eigenvalue weighted by Gasteiger charge is 2.10. The normalized spacial score (nSPS) is 10.7. The van der Waals surface area contributed by atoms with Crippen molar-refractivity contribution in [1.82, 2.24) is 14.8 Å². The Labute approximate surface area is 134 Å². The number of nitrogen functional groups attached to an aromatic ring is 3. The summed E-state index contributed by atoms with van der Waals surface area (Å²) in [5.74, 6) is 6.16. The van der Waals surface area contributed by atoms with Gasteiger partial charge in [-0.15, -0.1) is 0 Å². The van der Waals surface area contributed by atoms with Crippen LogP contribution in [0.15, 0.2) is 42.7 Å². The molecule has 0 aliphatic rings. The van der Waals surface area contributed by atoms with E-state index in [0.717, 1.165) is 16.8 Å². The molecule has 7 heteroatoms. The molecule has 7 nitrogen and oxygen atoms in total. The fraction of sp³-hybridized carbons (Fsp3) is 0.125. The number of hydrogen-bond acceptors (Lipinski definition) is 6. The number of hydrazine groups is 1. The Morgan fingerprint density at radius 3 is 2.78 bits per heavy atom. The molecule has 1 aromatic carbocycles. The number of anilines is 3. The Morgan fingerprint density at radius 1 is 1.22 bits per heavy atom. The summed E-state index contributed by atoms with van der Waals surface area (Å²) in [6.45, 7) is 2.05. The second-order valence-corrected chi connectivity index (χ2v) is 5.42. The van der Waals surface area contributed by atoms with Gasteiger partial charge in [-0.25, -0.2) is 15.5 Å². The molecule has 0 spiro atoms. The maximum absolute atomic E-state index is 6.06. The van der Waals surface area contributed by atoms with Gasteiger partial charge in [0, 0.05) is 12.6 Å². The SMILES string of the molecule is Cc1cccc(-n2cc(Cc3cc(N)nc(NN)c3N)cn2)c1. The molecule has 2 heterocycles. The van der Waals surface area contributed by atoms with Crippen LogP contribution in [0.5, 0.6) is 0 Å². The van der Waals surface area contributed by atoms with Gasteiger partial charge in [-0.05, 0) is 41.8 Å².